The Morgan fingerprint density at radius 3 is 2.44 bits per heavy atom. The molecule has 1 aromatic carbocycles. The van der Waals surface area contributed by atoms with Crippen LogP contribution in [0.15, 0.2) is 30.3 Å². The molecule has 1 saturated heterocycles. The van der Waals surface area contributed by atoms with Gasteiger partial charge in [0.2, 0.25) is 0 Å². The summed E-state index contributed by atoms with van der Waals surface area (Å²) in [6, 6.07) is 10.8. The van der Waals surface area contributed by atoms with Gasteiger partial charge in [-0.2, -0.15) is 0 Å². The Morgan fingerprint density at radius 1 is 1.12 bits per heavy atom. The van der Waals surface area contributed by atoms with E-state index in [0.29, 0.717) is 0 Å². The van der Waals surface area contributed by atoms with Gasteiger partial charge >= 0.3 is 0 Å². The van der Waals surface area contributed by atoms with Gasteiger partial charge in [0.15, 0.2) is 0 Å². The van der Waals surface area contributed by atoms with Gasteiger partial charge in [-0.15, -0.1) is 0 Å². The number of likely N-dealkylation sites (tertiary alicyclic amines) is 1. The summed E-state index contributed by atoms with van der Waals surface area (Å²) in [6.07, 6.45) is 5.15. The van der Waals surface area contributed by atoms with E-state index in [1.807, 2.05) is 0 Å². The van der Waals surface area contributed by atoms with Crippen molar-refractivity contribution in [3.63, 3.8) is 0 Å². The van der Waals surface area contributed by atoms with Crippen molar-refractivity contribution in [3.05, 3.63) is 42.8 Å². The van der Waals surface area contributed by atoms with E-state index in [2.05, 4.69) is 42.2 Å². The van der Waals surface area contributed by atoms with Crippen molar-refractivity contribution in [2.24, 2.45) is 5.92 Å². The van der Waals surface area contributed by atoms with Gasteiger partial charge in [0, 0.05) is 6.54 Å². The summed E-state index contributed by atoms with van der Waals surface area (Å²) < 4.78 is 0. The lowest BCUT2D eigenvalue weighted by molar-refractivity contribution is 0.173. The molecule has 0 spiro atoms. The maximum Gasteiger partial charge on any atom is 0.0233 e. The summed E-state index contributed by atoms with van der Waals surface area (Å²) in [5.74, 6) is 0.935. The Bertz CT molecular complexity index is 286. The molecular formula is C15H22N. The summed E-state index contributed by atoms with van der Waals surface area (Å²) >= 11 is 0. The first-order valence-corrected chi connectivity index (χ1v) is 6.44. The summed E-state index contributed by atoms with van der Waals surface area (Å²) in [5.41, 5.74) is 1.44. The first-order valence-electron chi connectivity index (χ1n) is 6.44. The number of hydrogen-bond acceptors (Lipinski definition) is 1. The molecule has 1 aliphatic heterocycles. The summed E-state index contributed by atoms with van der Waals surface area (Å²) in [4.78, 5) is 2.58. The van der Waals surface area contributed by atoms with E-state index >= 15 is 0 Å². The number of piperidine rings is 1. The molecule has 87 valence electrons. The minimum atomic E-state index is 0.935. The Labute approximate surface area is 99.5 Å². The molecule has 0 unspecified atom stereocenters. The van der Waals surface area contributed by atoms with Crippen molar-refractivity contribution in [1.82, 2.24) is 4.90 Å². The average Bonchev–Trinajstić information content (AvgIpc) is 2.33. The lowest BCUT2D eigenvalue weighted by atomic mass is 9.92. The molecule has 0 atom stereocenters. The molecule has 0 N–H and O–H groups in total. The number of rotatable bonds is 4. The van der Waals surface area contributed by atoms with Gasteiger partial charge in [-0.25, -0.2) is 0 Å². The lowest BCUT2D eigenvalue weighted by Gasteiger charge is -2.31. The third kappa shape index (κ3) is 3.34. The second-order valence-electron chi connectivity index (χ2n) is 4.85. The normalized spacial score (nSPS) is 18.8. The van der Waals surface area contributed by atoms with Crippen LogP contribution >= 0.6 is 0 Å². The van der Waals surface area contributed by atoms with Crippen LogP contribution in [0.3, 0.4) is 0 Å². The highest BCUT2D eigenvalue weighted by atomic mass is 15.1. The monoisotopic (exact) mass is 216 g/mol. The van der Waals surface area contributed by atoms with Crippen molar-refractivity contribution in [2.75, 3.05) is 13.1 Å². The molecule has 1 nitrogen and oxygen atoms in total. The Balaban J connectivity index is 1.77. The van der Waals surface area contributed by atoms with Gasteiger partial charge in [-0.05, 0) is 37.4 Å². The van der Waals surface area contributed by atoms with Gasteiger partial charge in [-0.1, -0.05) is 50.1 Å². The lowest BCUT2D eigenvalue weighted by Crippen LogP contribution is -2.33. The van der Waals surface area contributed by atoms with Crippen molar-refractivity contribution >= 4 is 0 Å². The minimum Gasteiger partial charge on any atom is -0.299 e. The Hall–Kier alpha value is -0.820. The quantitative estimate of drug-likeness (QED) is 0.744. The molecule has 0 aromatic heterocycles. The number of hydrogen-bond donors (Lipinski definition) is 0. The molecular weight excluding hydrogens is 194 g/mol. The summed E-state index contributed by atoms with van der Waals surface area (Å²) in [6.45, 7) is 7.60. The molecule has 1 radical (unpaired) electrons. The zero-order valence-electron chi connectivity index (χ0n) is 10.1. The highest BCUT2D eigenvalue weighted by Crippen LogP contribution is 2.22. The molecule has 1 heterocycles. The molecule has 16 heavy (non-hydrogen) atoms. The van der Waals surface area contributed by atoms with Crippen LogP contribution in [0.5, 0.6) is 0 Å². The molecule has 0 saturated carbocycles. The second kappa shape index (κ2) is 6.05. The van der Waals surface area contributed by atoms with Crippen LogP contribution in [0.25, 0.3) is 0 Å². The maximum absolute atomic E-state index is 3.95. The van der Waals surface area contributed by atoms with E-state index in [1.54, 1.807) is 0 Å². The van der Waals surface area contributed by atoms with Crippen LogP contribution in [-0.4, -0.2) is 18.0 Å². The molecule has 0 bridgehead atoms. The van der Waals surface area contributed by atoms with E-state index in [9.17, 15) is 0 Å². The molecule has 1 heteroatoms. The Kier molecular flexibility index (Phi) is 4.41. The van der Waals surface area contributed by atoms with Gasteiger partial charge in [-0.3, -0.25) is 4.90 Å². The van der Waals surface area contributed by atoms with Crippen molar-refractivity contribution < 1.29 is 0 Å². The van der Waals surface area contributed by atoms with E-state index < -0.39 is 0 Å². The fourth-order valence-corrected chi connectivity index (χ4v) is 2.56. The third-order valence-corrected chi connectivity index (χ3v) is 3.57. The number of nitrogens with zero attached hydrogens (tertiary/aromatic N) is 1. The average molecular weight is 216 g/mol. The van der Waals surface area contributed by atoms with Crippen molar-refractivity contribution in [2.45, 2.75) is 32.2 Å². The smallest absolute Gasteiger partial charge is 0.0233 e. The van der Waals surface area contributed by atoms with Gasteiger partial charge in [0.1, 0.15) is 0 Å². The molecule has 1 fully saturated rings. The SMILES string of the molecule is [CH2]CCC1CCN(Cc2ccccc2)CC1. The molecule has 2 rings (SSSR count). The van der Waals surface area contributed by atoms with E-state index in [-0.39, 0.29) is 0 Å². The van der Waals surface area contributed by atoms with Crippen LogP contribution in [0.4, 0.5) is 0 Å². The standard InChI is InChI=1S/C15H22N/c1-2-6-14-9-11-16(12-10-14)13-15-7-4-3-5-8-15/h3-5,7-8,14H,1-2,6,9-13H2. The first-order chi connectivity index (χ1) is 7.88. The fraction of sp³-hybridized carbons (Fsp3) is 0.533. The van der Waals surface area contributed by atoms with Crippen molar-refractivity contribution in [1.29, 1.82) is 0 Å². The van der Waals surface area contributed by atoms with E-state index in [1.165, 1.54) is 37.9 Å². The molecule has 1 aromatic rings. The Morgan fingerprint density at radius 2 is 1.81 bits per heavy atom. The summed E-state index contributed by atoms with van der Waals surface area (Å²) in [7, 11) is 0. The van der Waals surface area contributed by atoms with E-state index in [0.717, 1.165) is 18.9 Å². The molecule has 1 aliphatic rings. The fourth-order valence-electron chi connectivity index (χ4n) is 2.56. The zero-order valence-corrected chi connectivity index (χ0v) is 10.1. The van der Waals surface area contributed by atoms with Crippen LogP contribution in [0.1, 0.15) is 31.2 Å². The molecule has 0 amide bonds. The summed E-state index contributed by atoms with van der Waals surface area (Å²) in [5, 5.41) is 0. The largest absolute Gasteiger partial charge is 0.299 e. The first kappa shape index (κ1) is 11.7. The topological polar surface area (TPSA) is 3.24 Å². The van der Waals surface area contributed by atoms with Gasteiger partial charge < -0.3 is 0 Å². The predicted molar refractivity (Wildman–Crippen MR) is 69.0 cm³/mol. The van der Waals surface area contributed by atoms with Crippen LogP contribution in [0.2, 0.25) is 0 Å². The van der Waals surface area contributed by atoms with Crippen LogP contribution in [0, 0.1) is 12.8 Å². The highest BCUT2D eigenvalue weighted by molar-refractivity contribution is 5.14. The predicted octanol–water partition coefficient (Wildman–Crippen LogP) is 3.51. The zero-order chi connectivity index (χ0) is 11.2. The van der Waals surface area contributed by atoms with Crippen LogP contribution in [-0.2, 0) is 6.54 Å². The van der Waals surface area contributed by atoms with Crippen molar-refractivity contribution in [3.8, 4) is 0 Å². The van der Waals surface area contributed by atoms with Gasteiger partial charge in [0.25, 0.3) is 0 Å². The molecule has 0 aliphatic carbocycles. The highest BCUT2D eigenvalue weighted by Gasteiger charge is 2.18. The second-order valence-corrected chi connectivity index (χ2v) is 4.85. The third-order valence-electron chi connectivity index (χ3n) is 3.57. The minimum absolute atomic E-state index is 0.935. The maximum atomic E-state index is 3.95. The number of benzene rings is 1. The van der Waals surface area contributed by atoms with Crippen LogP contribution < -0.4 is 0 Å². The van der Waals surface area contributed by atoms with Gasteiger partial charge in [0.05, 0.1) is 0 Å². The van der Waals surface area contributed by atoms with E-state index in [4.69, 9.17) is 0 Å².